The van der Waals surface area contributed by atoms with Crippen LogP contribution >= 0.6 is 0 Å². The predicted molar refractivity (Wildman–Crippen MR) is 506 cm³/mol. The van der Waals surface area contributed by atoms with E-state index in [1.165, 1.54) is 91.0 Å². The van der Waals surface area contributed by atoms with E-state index < -0.39 is 80.5 Å². The molecule has 3 unspecified atom stereocenters. The lowest BCUT2D eigenvalue weighted by Crippen LogP contribution is -2.41. The Labute approximate surface area is 789 Å². The zero-order chi connectivity index (χ0) is 98.8. The van der Waals surface area contributed by atoms with E-state index in [9.17, 15) is 70.4 Å². The molecule has 3 aromatic carbocycles. The molecule has 8 aromatic heterocycles. The van der Waals surface area contributed by atoms with E-state index in [1.807, 2.05) is 67.8 Å². The number of rotatable bonds is 25. The van der Waals surface area contributed by atoms with Crippen molar-refractivity contribution in [3.05, 3.63) is 263 Å². The van der Waals surface area contributed by atoms with Gasteiger partial charge in [0.2, 0.25) is 17.6 Å². The molecule has 15 rings (SSSR count). The number of sulfonamides is 4. The van der Waals surface area contributed by atoms with E-state index in [0.717, 1.165) is 56.5 Å². The summed E-state index contributed by atoms with van der Waals surface area (Å²) in [6.45, 7) is 31.7. The number of hydrogen-bond acceptors (Lipinski definition) is 28. The van der Waals surface area contributed by atoms with Gasteiger partial charge in [-0.05, 0) is 232 Å². The Morgan fingerprint density at radius 3 is 1.07 bits per heavy atom. The summed E-state index contributed by atoms with van der Waals surface area (Å²) in [6.07, 6.45) is 3.98. The van der Waals surface area contributed by atoms with E-state index in [0.29, 0.717) is 89.0 Å². The molecule has 4 atom stereocenters. The third kappa shape index (κ3) is 24.9. The van der Waals surface area contributed by atoms with Crippen molar-refractivity contribution in [1.29, 1.82) is 0 Å². The third-order valence-corrected chi connectivity index (χ3v) is 28.0. The Balaban J connectivity index is 0.000000164. The van der Waals surface area contributed by atoms with Crippen molar-refractivity contribution in [3.8, 4) is 28.9 Å². The average molecular weight is 1950 g/mol. The zero-order valence-corrected chi connectivity index (χ0v) is 80.8. The Hall–Kier alpha value is -13.3. The van der Waals surface area contributed by atoms with Crippen LogP contribution in [0, 0.1) is 36.4 Å². The van der Waals surface area contributed by atoms with E-state index in [-0.39, 0.29) is 102 Å². The van der Waals surface area contributed by atoms with Crippen LogP contribution in [0.3, 0.4) is 0 Å². The van der Waals surface area contributed by atoms with Crippen LogP contribution in [0.4, 0.5) is 46.7 Å². The van der Waals surface area contributed by atoms with Crippen LogP contribution in [0.1, 0.15) is 179 Å². The van der Waals surface area contributed by atoms with Crippen LogP contribution in [0.2, 0.25) is 0 Å². The number of halogens is 4. The molecule has 136 heavy (non-hydrogen) atoms. The molecule has 4 amide bonds. The average Bonchev–Trinajstić information content (AvgIpc) is 1.54. The molecule has 12 heterocycles. The number of alkyl halides is 3. The summed E-state index contributed by atoms with van der Waals surface area (Å²) < 4.78 is 180. The Morgan fingerprint density at radius 1 is 0.397 bits per heavy atom. The smallest absolute Gasteiger partial charge is 0.416 e. The molecule has 0 spiro atoms. The van der Waals surface area contributed by atoms with Gasteiger partial charge in [0, 0.05) is 90.7 Å². The molecule has 0 radical (unpaired) electrons. The van der Waals surface area contributed by atoms with Gasteiger partial charge in [-0.15, -0.1) is 0 Å². The maximum Gasteiger partial charge on any atom is 0.416 e. The summed E-state index contributed by atoms with van der Waals surface area (Å²) in [5, 5.41) is -1.39. The van der Waals surface area contributed by atoms with Gasteiger partial charge in [-0.1, -0.05) is 107 Å². The number of pyridine rings is 8. The van der Waals surface area contributed by atoms with Gasteiger partial charge < -0.3 is 39.5 Å². The molecule has 32 nitrogen and oxygen atoms in total. The van der Waals surface area contributed by atoms with Crippen LogP contribution in [-0.2, 0) is 59.5 Å². The SMILES string of the molecule is CC1CN(c2ncccc2C(=O)NS(=O)(=O)c2cccc(OCc3ccc(C(F)(F)F)cc3)n2)C(C)(C)C1.CC1CN(c2ncccc2C(=O)NS(=O)(=O)c2cccc(OCc3ccccc3)n2)C(C)(C)C1.CCOc1cccc(S(=O)(=O)NC(=O)c2cccnc2N2CC(C)CC2(C)C)n1.Cc1c(F)cccc1-c1ccc(C(=O)NS(=O)(=O)c2cccc(N)n2)c(N2C[C@@H](C)CC2(C)C)n1. The molecule has 720 valence electrons. The lowest BCUT2D eigenvalue weighted by Gasteiger charge is -2.34. The molecule has 4 aliphatic heterocycles. The van der Waals surface area contributed by atoms with Gasteiger partial charge in [0.25, 0.3) is 63.7 Å². The monoisotopic (exact) mass is 1940 g/mol. The fourth-order valence-electron chi connectivity index (χ4n) is 17.3. The van der Waals surface area contributed by atoms with Crippen molar-refractivity contribution in [1.82, 2.24) is 58.8 Å². The highest BCUT2D eigenvalue weighted by atomic mass is 32.2. The predicted octanol–water partition coefficient (Wildman–Crippen LogP) is 15.2. The molecule has 4 aliphatic rings. The van der Waals surface area contributed by atoms with Gasteiger partial charge >= 0.3 is 6.18 Å². The van der Waals surface area contributed by atoms with Crippen molar-refractivity contribution >= 4 is 92.8 Å². The van der Waals surface area contributed by atoms with Gasteiger partial charge in [0.15, 0.2) is 20.1 Å². The summed E-state index contributed by atoms with van der Waals surface area (Å²) in [5.74, 6) is 0.00251. The minimum atomic E-state index is -4.45. The first-order valence-corrected chi connectivity index (χ1v) is 49.6. The highest BCUT2D eigenvalue weighted by molar-refractivity contribution is 7.90. The highest BCUT2D eigenvalue weighted by Gasteiger charge is 2.44. The Morgan fingerprint density at radius 2 is 0.728 bits per heavy atom. The normalized spacial score (nSPS) is 17.6. The number of nitrogen functional groups attached to an aromatic ring is 1. The van der Waals surface area contributed by atoms with E-state index in [1.54, 1.807) is 93.1 Å². The van der Waals surface area contributed by atoms with Crippen LogP contribution in [-0.4, -0.2) is 152 Å². The Kier molecular flexibility index (Phi) is 31.0. The van der Waals surface area contributed by atoms with Crippen LogP contribution in [0.25, 0.3) is 11.3 Å². The fraction of sp³-hybridized carbons (Fsp3) is 0.354. The molecule has 0 aliphatic carbocycles. The van der Waals surface area contributed by atoms with Crippen LogP contribution in [0.15, 0.2) is 233 Å². The number of carbonyl (C=O) groups is 4. The summed E-state index contributed by atoms with van der Waals surface area (Å²) in [5.41, 5.74) is 7.35. The maximum atomic E-state index is 14.2. The molecule has 6 N–H and O–H groups in total. The third-order valence-electron chi connectivity index (χ3n) is 23.1. The van der Waals surface area contributed by atoms with Crippen molar-refractivity contribution in [2.75, 3.05) is 58.1 Å². The molecule has 0 saturated carbocycles. The zero-order valence-electron chi connectivity index (χ0n) is 77.5. The molecule has 4 saturated heterocycles. The lowest BCUT2D eigenvalue weighted by molar-refractivity contribution is -0.137. The van der Waals surface area contributed by atoms with Gasteiger partial charge in [0.1, 0.15) is 48.1 Å². The van der Waals surface area contributed by atoms with Crippen molar-refractivity contribution in [2.45, 2.75) is 184 Å². The molecular weight excluding hydrogens is 1840 g/mol. The minimum Gasteiger partial charge on any atom is -0.478 e. The Bertz CT molecular complexity index is 6710. The molecule has 11 aromatic rings. The van der Waals surface area contributed by atoms with Gasteiger partial charge in [-0.2, -0.15) is 61.8 Å². The molecular formula is C96H109F4N17O15S4. The summed E-state index contributed by atoms with van der Waals surface area (Å²) in [6, 6.07) is 48.1. The highest BCUT2D eigenvalue weighted by Crippen LogP contribution is 2.43. The number of nitrogens with two attached hydrogens (primary N) is 1. The number of aromatic nitrogens is 8. The molecule has 0 bridgehead atoms. The van der Waals surface area contributed by atoms with Gasteiger partial charge in [-0.3, -0.25) is 19.2 Å². The first-order chi connectivity index (χ1) is 63.9. The molecule has 4 fully saturated rings. The fourth-order valence-corrected chi connectivity index (χ4v) is 21.0. The number of hydrogen-bond donors (Lipinski definition) is 5. The minimum absolute atomic E-state index is 0.0188. The summed E-state index contributed by atoms with van der Waals surface area (Å²) >= 11 is 0. The van der Waals surface area contributed by atoms with Gasteiger partial charge in [0.05, 0.1) is 40.1 Å². The maximum absolute atomic E-state index is 14.2. The van der Waals surface area contributed by atoms with Crippen LogP contribution < -0.4 is 58.4 Å². The first-order valence-electron chi connectivity index (χ1n) is 43.7. The van der Waals surface area contributed by atoms with E-state index >= 15 is 0 Å². The van der Waals surface area contributed by atoms with Crippen molar-refractivity contribution < 1.29 is 84.6 Å². The van der Waals surface area contributed by atoms with E-state index in [2.05, 4.69) is 119 Å². The quantitative estimate of drug-likeness (QED) is 0.0332. The number of amides is 4. The number of nitrogens with one attached hydrogen (secondary N) is 4. The lowest BCUT2D eigenvalue weighted by atomic mass is 9.97. The first kappa shape index (κ1) is 102. The number of benzene rings is 3. The second-order valence-corrected chi connectivity index (χ2v) is 42.8. The number of anilines is 5. The standard InChI is InChI=1S/C26H27F3N4O4S.C25H28FN5O3S.C25H28N4O4S.C20H26N4O4S/c1-17-14-25(2,3)33(15-17)23-20(6-5-13-30-23)24(34)32-38(35,36)22-8-4-7-21(31-22)37-16-18-9-11-19(12-10-18)26(27,28)29;1-15-13-25(3,4)31(14-15)23-18(11-12-20(28-23)17-7-5-8-19(26)16(17)2)24(32)30-35(33,34)22-10-6-9-21(27)29-22;1-18-15-25(2,3)29(16-18)23-20(11-8-14-26-23)24(30)28-34(31,32)22-13-7-12-21(27-22)33-17-19-9-5-4-6-10-19;1-5-28-16-9-6-10-17(22-16)29(26,27)23-19(25)15-8-7-11-21-18(15)24-13-14(2)12-20(24,3)4/h4-13,17H,14-16H2,1-3H3,(H,32,34);5-12,15H,13-14H2,1-4H3,(H2,27,29)(H,30,32);4-14,18H,15-17H2,1-3H3,(H,28,30);6-11,14H,5,12-13H2,1-4H3,(H,23,25)/t;15-;;/m.0../s1. The van der Waals surface area contributed by atoms with E-state index in [4.69, 9.17) is 24.9 Å². The molecule has 40 heteroatoms. The second kappa shape index (κ2) is 41.5. The number of carbonyl (C=O) groups excluding carboxylic acids is 4. The summed E-state index contributed by atoms with van der Waals surface area (Å²) in [7, 11) is -17.0. The van der Waals surface area contributed by atoms with Crippen molar-refractivity contribution in [2.24, 2.45) is 23.7 Å². The second-order valence-electron chi connectivity index (χ2n) is 36.3. The topological polar surface area (TPSA) is 423 Å². The number of nitrogens with zero attached hydrogens (tertiary/aromatic N) is 12. The van der Waals surface area contributed by atoms with Crippen molar-refractivity contribution in [3.63, 3.8) is 0 Å². The van der Waals surface area contributed by atoms with Crippen LogP contribution in [0.5, 0.6) is 17.6 Å². The number of ether oxygens (including phenoxy) is 3. The van der Waals surface area contributed by atoms with Gasteiger partial charge in [-0.25, -0.2) is 48.2 Å². The largest absolute Gasteiger partial charge is 0.478 e. The summed E-state index contributed by atoms with van der Waals surface area (Å²) in [4.78, 5) is 94.3.